The third kappa shape index (κ3) is 6.33. The van der Waals surface area contributed by atoms with Gasteiger partial charge in [0.25, 0.3) is 11.8 Å². The smallest absolute Gasteiger partial charge is 0.410 e. The summed E-state index contributed by atoms with van der Waals surface area (Å²) in [6.07, 6.45) is -0.546. The number of amides is 3. The van der Waals surface area contributed by atoms with Crippen LogP contribution < -0.4 is 20.3 Å². The van der Waals surface area contributed by atoms with Crippen molar-refractivity contribution < 1.29 is 19.1 Å². The first-order valence-electron chi connectivity index (χ1n) is 15.6. The second-order valence-electron chi connectivity index (χ2n) is 11.4. The van der Waals surface area contributed by atoms with E-state index in [1.807, 2.05) is 66.7 Å². The number of nitrogens with zero attached hydrogens (tertiary/aromatic N) is 1. The molecule has 0 radical (unpaired) electrons. The molecule has 4 aromatic carbocycles. The molecule has 4 N–H and O–H groups in total. The van der Waals surface area contributed by atoms with Crippen LogP contribution in [0, 0.1) is 0 Å². The van der Waals surface area contributed by atoms with Crippen LogP contribution in [0.2, 0.25) is 0 Å². The Kier molecular flexibility index (Phi) is 9.25. The molecule has 1 atom stereocenters. The van der Waals surface area contributed by atoms with Gasteiger partial charge in [0.05, 0.1) is 5.69 Å². The number of ether oxygens (including phenoxy) is 1. The molecule has 1 unspecified atom stereocenters. The first-order chi connectivity index (χ1) is 23.4. The fourth-order valence-corrected chi connectivity index (χ4v) is 7.98. The molecule has 1 aliphatic rings. The maximum Gasteiger partial charge on any atom is 0.412 e. The van der Waals surface area contributed by atoms with E-state index in [1.165, 1.54) is 0 Å². The summed E-state index contributed by atoms with van der Waals surface area (Å²) in [4.78, 5) is 48.0. The Morgan fingerprint density at radius 1 is 0.896 bits per heavy atom. The average Bonchev–Trinajstić information content (AvgIpc) is 3.83. The van der Waals surface area contributed by atoms with Crippen molar-refractivity contribution in [3.63, 3.8) is 0 Å². The second kappa shape index (κ2) is 13.9. The van der Waals surface area contributed by atoms with Crippen LogP contribution in [0.15, 0.2) is 84.9 Å². The highest BCUT2D eigenvalue weighted by molar-refractivity contribution is 8.76. The molecular formula is C36H32ClN5O4S2. The predicted molar refractivity (Wildman–Crippen MR) is 198 cm³/mol. The molecule has 6 aromatic rings. The highest BCUT2D eigenvalue weighted by Crippen LogP contribution is 2.46. The lowest BCUT2D eigenvalue weighted by Crippen LogP contribution is -2.30. The number of rotatable bonds is 10. The molecular weight excluding hydrogens is 666 g/mol. The number of halogens is 1. The van der Waals surface area contributed by atoms with Crippen LogP contribution in [0.4, 0.5) is 16.2 Å². The molecule has 0 fully saturated rings. The maximum atomic E-state index is 14.1. The first kappa shape index (κ1) is 32.0. The Balaban J connectivity index is 1.14. The number of carbonyl (C=O) groups is 3. The minimum absolute atomic E-state index is 0.109. The molecule has 244 valence electrons. The first-order valence-corrected chi connectivity index (χ1v) is 18.6. The van der Waals surface area contributed by atoms with Gasteiger partial charge in [-0.05, 0) is 47.3 Å². The van der Waals surface area contributed by atoms with Gasteiger partial charge in [0.1, 0.15) is 17.1 Å². The van der Waals surface area contributed by atoms with E-state index in [0.29, 0.717) is 47.5 Å². The normalized spacial score (nSPS) is 14.0. The molecule has 0 saturated heterocycles. The van der Waals surface area contributed by atoms with Gasteiger partial charge in [-0.25, -0.2) is 4.79 Å². The second-order valence-corrected chi connectivity index (χ2v) is 14.6. The van der Waals surface area contributed by atoms with E-state index in [4.69, 9.17) is 16.3 Å². The zero-order valence-electron chi connectivity index (χ0n) is 26.0. The number of aromatic nitrogens is 2. The lowest BCUT2D eigenvalue weighted by atomic mass is 9.95. The topological polar surface area (TPSA) is 119 Å². The van der Waals surface area contributed by atoms with Crippen molar-refractivity contribution in [1.29, 1.82) is 0 Å². The van der Waals surface area contributed by atoms with E-state index in [-0.39, 0.29) is 17.7 Å². The number of nitrogens with one attached hydrogen (secondary N) is 4. The Morgan fingerprint density at radius 3 is 2.46 bits per heavy atom. The van der Waals surface area contributed by atoms with Crippen molar-refractivity contribution in [2.45, 2.75) is 12.8 Å². The van der Waals surface area contributed by atoms with E-state index in [2.05, 4.69) is 27.5 Å². The Morgan fingerprint density at radius 2 is 1.65 bits per heavy atom. The average molecular weight is 698 g/mol. The summed E-state index contributed by atoms with van der Waals surface area (Å²) in [6.45, 7) is 2.95. The number of anilines is 2. The minimum Gasteiger partial charge on any atom is -0.410 e. The number of aromatic amines is 2. The van der Waals surface area contributed by atoms with Crippen molar-refractivity contribution >= 4 is 95.0 Å². The zero-order chi connectivity index (χ0) is 33.2. The third-order valence-electron chi connectivity index (χ3n) is 8.30. The maximum absolute atomic E-state index is 14.1. The summed E-state index contributed by atoms with van der Waals surface area (Å²) in [5.74, 6) is 1.85. The Hall–Kier alpha value is -4.58. The van der Waals surface area contributed by atoms with Crippen LogP contribution in [0.5, 0.6) is 5.75 Å². The molecule has 0 saturated carbocycles. The van der Waals surface area contributed by atoms with Crippen molar-refractivity contribution in [3.8, 4) is 5.75 Å². The standard InChI is InChI=1S/C36H32ClN5O4S2/c1-2-47-48-14-13-38-36(45)46-32-18-31-33(26-9-5-4-8-25(26)32)23(19-37)20-42(31)35(44)30-17-22-15-24(11-12-28(22)41-30)39-34(43)29-16-21-7-3-6-10-27(21)40-29/h3-12,15-18,23,40-41H,2,13-14,19-20H2,1H3,(H,38,45)(H,39,43). The summed E-state index contributed by atoms with van der Waals surface area (Å²) in [7, 11) is 3.44. The largest absolute Gasteiger partial charge is 0.412 e. The Labute approximate surface area is 289 Å². The van der Waals surface area contributed by atoms with E-state index in [9.17, 15) is 14.4 Å². The lowest BCUT2D eigenvalue weighted by molar-refractivity contribution is 0.0982. The Bertz CT molecular complexity index is 2150. The number of hydrogen-bond donors (Lipinski definition) is 4. The van der Waals surface area contributed by atoms with Gasteiger partial charge in [-0.15, -0.1) is 11.6 Å². The minimum atomic E-state index is -0.546. The van der Waals surface area contributed by atoms with Gasteiger partial charge >= 0.3 is 6.09 Å². The summed E-state index contributed by atoms with van der Waals surface area (Å²) in [5, 5.41) is 9.16. The van der Waals surface area contributed by atoms with Crippen molar-refractivity contribution in [2.24, 2.45) is 0 Å². The predicted octanol–water partition coefficient (Wildman–Crippen LogP) is 8.53. The van der Waals surface area contributed by atoms with E-state index < -0.39 is 6.09 Å². The third-order valence-corrected chi connectivity index (χ3v) is 11.2. The SMILES string of the molecule is CCSSCCNC(=O)Oc1cc2c(c3ccccc13)C(CCl)CN2C(=O)c1cc2cc(NC(=O)c3cc4ccccc4[nH]3)ccc2[nH]1. The molecule has 9 nitrogen and oxygen atoms in total. The van der Waals surface area contributed by atoms with Crippen LogP contribution in [-0.2, 0) is 0 Å². The molecule has 1 aliphatic heterocycles. The number of alkyl halides is 1. The van der Waals surface area contributed by atoms with Crippen LogP contribution >= 0.6 is 33.2 Å². The summed E-state index contributed by atoms with van der Waals surface area (Å²) in [6, 6.07) is 26.3. The number of carbonyl (C=O) groups excluding carboxylic acids is 3. The van der Waals surface area contributed by atoms with Gasteiger partial charge in [0, 0.05) is 75.3 Å². The molecule has 48 heavy (non-hydrogen) atoms. The molecule has 3 amide bonds. The molecule has 2 aromatic heterocycles. The zero-order valence-corrected chi connectivity index (χ0v) is 28.4. The summed E-state index contributed by atoms with van der Waals surface area (Å²) >= 11 is 6.48. The van der Waals surface area contributed by atoms with Crippen LogP contribution in [0.25, 0.3) is 32.6 Å². The van der Waals surface area contributed by atoms with E-state index >= 15 is 0 Å². The van der Waals surface area contributed by atoms with Gasteiger partial charge in [-0.2, -0.15) is 0 Å². The highest BCUT2D eigenvalue weighted by Gasteiger charge is 2.36. The van der Waals surface area contributed by atoms with Crippen molar-refractivity contribution in [3.05, 3.63) is 102 Å². The fourth-order valence-electron chi connectivity index (χ4n) is 6.15. The number of fused-ring (bicyclic) bond motifs is 5. The van der Waals surface area contributed by atoms with Crippen molar-refractivity contribution in [2.75, 3.05) is 40.7 Å². The van der Waals surface area contributed by atoms with Gasteiger partial charge in [0.2, 0.25) is 0 Å². The van der Waals surface area contributed by atoms with E-state index in [0.717, 1.165) is 49.6 Å². The number of benzene rings is 4. The molecule has 12 heteroatoms. The molecule has 0 aliphatic carbocycles. The van der Waals surface area contributed by atoms with Gasteiger partial charge in [-0.1, -0.05) is 71.0 Å². The monoisotopic (exact) mass is 697 g/mol. The van der Waals surface area contributed by atoms with Crippen LogP contribution in [0.3, 0.4) is 0 Å². The molecule has 0 spiro atoms. The number of hydrogen-bond acceptors (Lipinski definition) is 6. The molecule has 0 bridgehead atoms. The summed E-state index contributed by atoms with van der Waals surface area (Å²) in [5.41, 5.74) is 4.71. The van der Waals surface area contributed by atoms with Gasteiger partial charge in [-0.3, -0.25) is 9.59 Å². The quantitative estimate of drug-likeness (QED) is 0.0647. The van der Waals surface area contributed by atoms with Gasteiger partial charge in [0.15, 0.2) is 0 Å². The fraction of sp³-hybridized carbons (Fsp3) is 0.194. The number of H-pyrrole nitrogens is 2. The number of para-hydroxylation sites is 1. The molecule has 3 heterocycles. The molecule has 7 rings (SSSR count). The lowest BCUT2D eigenvalue weighted by Gasteiger charge is -2.18. The summed E-state index contributed by atoms with van der Waals surface area (Å²) < 4.78 is 5.82. The van der Waals surface area contributed by atoms with Gasteiger partial charge < -0.3 is 30.2 Å². The highest BCUT2D eigenvalue weighted by atomic mass is 35.5. The van der Waals surface area contributed by atoms with Crippen molar-refractivity contribution in [1.82, 2.24) is 15.3 Å². The van der Waals surface area contributed by atoms with E-state index in [1.54, 1.807) is 44.7 Å². The van der Waals surface area contributed by atoms with Crippen LogP contribution in [-0.4, -0.2) is 58.4 Å². The van der Waals surface area contributed by atoms with Crippen LogP contribution in [0.1, 0.15) is 39.4 Å².